The summed E-state index contributed by atoms with van der Waals surface area (Å²) >= 11 is 0. The molecule has 0 spiro atoms. The summed E-state index contributed by atoms with van der Waals surface area (Å²) in [6.45, 7) is 16.1. The van der Waals surface area contributed by atoms with Gasteiger partial charge in [0, 0.05) is 0 Å². The van der Waals surface area contributed by atoms with Crippen LogP contribution in [0.2, 0.25) is 0 Å². The molecular weight excluding hydrogens is 316 g/mol. The lowest BCUT2D eigenvalue weighted by Crippen LogP contribution is -2.29. The van der Waals surface area contributed by atoms with Crippen molar-refractivity contribution in [3.63, 3.8) is 0 Å². The zero-order valence-corrected chi connectivity index (χ0v) is 17.7. The minimum atomic E-state index is -0.142. The molecule has 0 unspecified atom stereocenters. The molecular formula is C25H40O. The van der Waals surface area contributed by atoms with Gasteiger partial charge in [-0.2, -0.15) is 0 Å². The van der Waals surface area contributed by atoms with Gasteiger partial charge in [0.2, 0.25) is 0 Å². The molecule has 0 aromatic heterocycles. The fourth-order valence-corrected chi connectivity index (χ4v) is 6.40. The lowest BCUT2D eigenvalue weighted by Gasteiger charge is -2.35. The Morgan fingerprint density at radius 2 is 1.81 bits per heavy atom. The Bertz CT molecular complexity index is 595. The minimum absolute atomic E-state index is 0.142. The topological polar surface area (TPSA) is 20.2 Å². The summed E-state index contributed by atoms with van der Waals surface area (Å²) in [5.41, 5.74) is 4.83. The van der Waals surface area contributed by atoms with Crippen molar-refractivity contribution in [2.24, 2.45) is 35.0 Å². The first-order valence-electron chi connectivity index (χ1n) is 10.9. The van der Waals surface area contributed by atoms with Crippen molar-refractivity contribution in [2.45, 2.75) is 85.7 Å². The molecule has 0 aromatic rings. The lowest BCUT2D eigenvalue weighted by molar-refractivity contribution is 0.0872. The van der Waals surface area contributed by atoms with Crippen LogP contribution in [-0.4, -0.2) is 11.2 Å². The Balaban J connectivity index is 1.94. The van der Waals surface area contributed by atoms with Crippen LogP contribution < -0.4 is 0 Å². The lowest BCUT2D eigenvalue weighted by atomic mass is 9.69. The van der Waals surface area contributed by atoms with Gasteiger partial charge < -0.3 is 5.11 Å². The van der Waals surface area contributed by atoms with Crippen LogP contribution in [0.15, 0.2) is 35.5 Å². The van der Waals surface area contributed by atoms with Crippen molar-refractivity contribution >= 4 is 0 Å². The first kappa shape index (κ1) is 19.9. The SMILES string of the molecule is C=C1CC[C@H]2C(C)=CC[C@H]3[C@@H](C(C)C)[C@H](O)C[C@]3(C)CC=C(C)CC[C@@H]12. The maximum Gasteiger partial charge on any atom is 0.0579 e. The molecule has 2 saturated carbocycles. The zero-order chi connectivity index (χ0) is 19.1. The van der Waals surface area contributed by atoms with E-state index in [0.29, 0.717) is 29.6 Å². The fourth-order valence-electron chi connectivity index (χ4n) is 6.40. The van der Waals surface area contributed by atoms with E-state index in [0.717, 1.165) is 19.3 Å². The summed E-state index contributed by atoms with van der Waals surface area (Å²) in [7, 11) is 0. The number of rotatable bonds is 1. The second-order valence-electron chi connectivity index (χ2n) is 10.2. The monoisotopic (exact) mass is 356 g/mol. The molecule has 1 N–H and O–H groups in total. The van der Waals surface area contributed by atoms with E-state index in [1.807, 2.05) is 0 Å². The number of aliphatic hydroxyl groups is 1. The van der Waals surface area contributed by atoms with Gasteiger partial charge in [0.05, 0.1) is 6.10 Å². The van der Waals surface area contributed by atoms with Crippen molar-refractivity contribution in [1.29, 1.82) is 0 Å². The Hall–Kier alpha value is -0.820. The van der Waals surface area contributed by atoms with Gasteiger partial charge in [-0.05, 0) is 93.8 Å². The largest absolute Gasteiger partial charge is 0.393 e. The molecule has 1 nitrogen and oxygen atoms in total. The van der Waals surface area contributed by atoms with E-state index in [-0.39, 0.29) is 11.5 Å². The van der Waals surface area contributed by atoms with Crippen LogP contribution >= 0.6 is 0 Å². The summed E-state index contributed by atoms with van der Waals surface area (Å²) in [6.07, 6.45) is 13.1. The van der Waals surface area contributed by atoms with Crippen molar-refractivity contribution in [1.82, 2.24) is 0 Å². The van der Waals surface area contributed by atoms with Crippen LogP contribution in [0.3, 0.4) is 0 Å². The fraction of sp³-hybridized carbons (Fsp3) is 0.760. The second kappa shape index (κ2) is 7.66. The number of hydrogen-bond donors (Lipinski definition) is 1. The molecule has 0 bridgehead atoms. The molecule has 0 heterocycles. The third kappa shape index (κ3) is 3.75. The van der Waals surface area contributed by atoms with E-state index in [9.17, 15) is 5.11 Å². The van der Waals surface area contributed by atoms with E-state index in [1.165, 1.54) is 36.8 Å². The van der Waals surface area contributed by atoms with Gasteiger partial charge in [0.25, 0.3) is 0 Å². The number of hydrogen-bond acceptors (Lipinski definition) is 1. The smallest absolute Gasteiger partial charge is 0.0579 e. The maximum atomic E-state index is 10.9. The number of allylic oxidation sites excluding steroid dienone is 5. The van der Waals surface area contributed by atoms with E-state index in [4.69, 9.17) is 0 Å². The van der Waals surface area contributed by atoms with Gasteiger partial charge in [0.15, 0.2) is 0 Å². The van der Waals surface area contributed by atoms with Gasteiger partial charge in [-0.25, -0.2) is 0 Å². The summed E-state index contributed by atoms with van der Waals surface area (Å²) in [4.78, 5) is 0. The van der Waals surface area contributed by atoms with E-state index >= 15 is 0 Å². The summed E-state index contributed by atoms with van der Waals surface area (Å²) in [5, 5.41) is 10.9. The van der Waals surface area contributed by atoms with E-state index in [2.05, 4.69) is 53.3 Å². The summed E-state index contributed by atoms with van der Waals surface area (Å²) < 4.78 is 0. The van der Waals surface area contributed by atoms with Crippen molar-refractivity contribution in [2.75, 3.05) is 0 Å². The maximum absolute atomic E-state index is 10.9. The Kier molecular flexibility index (Phi) is 5.87. The molecule has 3 rings (SSSR count). The highest BCUT2D eigenvalue weighted by molar-refractivity contribution is 5.21. The van der Waals surface area contributed by atoms with Gasteiger partial charge in [-0.1, -0.05) is 56.2 Å². The third-order valence-corrected chi connectivity index (χ3v) is 8.08. The van der Waals surface area contributed by atoms with Crippen molar-refractivity contribution in [3.8, 4) is 0 Å². The summed E-state index contributed by atoms with van der Waals surface area (Å²) in [6, 6.07) is 0. The number of aliphatic hydroxyl groups excluding tert-OH is 1. The van der Waals surface area contributed by atoms with Gasteiger partial charge in [-0.15, -0.1) is 0 Å². The van der Waals surface area contributed by atoms with Crippen molar-refractivity contribution < 1.29 is 5.11 Å². The average Bonchev–Trinajstić information content (AvgIpc) is 3.05. The summed E-state index contributed by atoms with van der Waals surface area (Å²) in [5.74, 6) is 2.93. The van der Waals surface area contributed by atoms with Gasteiger partial charge >= 0.3 is 0 Å². The predicted octanol–water partition coefficient (Wildman–Crippen LogP) is 6.69. The average molecular weight is 357 g/mol. The Labute approximate surface area is 161 Å². The Morgan fingerprint density at radius 3 is 2.50 bits per heavy atom. The van der Waals surface area contributed by atoms with Crippen LogP contribution in [0, 0.1) is 35.0 Å². The molecule has 6 atom stereocenters. The normalized spacial score (nSPS) is 41.8. The molecule has 3 aliphatic carbocycles. The van der Waals surface area contributed by atoms with Crippen LogP contribution in [0.5, 0.6) is 0 Å². The Morgan fingerprint density at radius 1 is 1.12 bits per heavy atom. The quantitative estimate of drug-likeness (QED) is 0.519. The highest BCUT2D eigenvalue weighted by atomic mass is 16.3. The predicted molar refractivity (Wildman–Crippen MR) is 112 cm³/mol. The van der Waals surface area contributed by atoms with E-state index in [1.54, 1.807) is 5.57 Å². The minimum Gasteiger partial charge on any atom is -0.393 e. The molecule has 146 valence electrons. The van der Waals surface area contributed by atoms with Crippen molar-refractivity contribution in [3.05, 3.63) is 35.5 Å². The van der Waals surface area contributed by atoms with Crippen LogP contribution in [0.25, 0.3) is 0 Å². The second-order valence-corrected chi connectivity index (χ2v) is 10.2. The molecule has 0 aliphatic heterocycles. The highest BCUT2D eigenvalue weighted by Gasteiger charge is 2.50. The number of fused-ring (bicyclic) bond motifs is 2. The van der Waals surface area contributed by atoms with Crippen LogP contribution in [0.1, 0.15) is 79.6 Å². The first-order valence-corrected chi connectivity index (χ1v) is 10.9. The van der Waals surface area contributed by atoms with Crippen LogP contribution in [0.4, 0.5) is 0 Å². The third-order valence-electron chi connectivity index (χ3n) is 8.08. The molecule has 0 amide bonds. The molecule has 1 heteroatoms. The molecule has 0 aromatic carbocycles. The van der Waals surface area contributed by atoms with Gasteiger partial charge in [0.1, 0.15) is 0 Å². The highest BCUT2D eigenvalue weighted by Crippen LogP contribution is 2.54. The molecule has 2 fully saturated rings. The molecule has 26 heavy (non-hydrogen) atoms. The van der Waals surface area contributed by atoms with E-state index < -0.39 is 0 Å². The first-order chi connectivity index (χ1) is 12.2. The van der Waals surface area contributed by atoms with Crippen LogP contribution in [-0.2, 0) is 0 Å². The molecule has 0 radical (unpaired) electrons. The molecule has 3 aliphatic rings. The standard InChI is InChI=1S/C25H40O/c1-16(2)24-22-12-9-19(5)21-11-8-18(4)20(21)10-7-17(3)13-14-25(22,6)15-23(24)26/h9,13,16,20-24,26H,4,7-8,10-12,14-15H2,1-3,5-6H3/t20-,21-,22-,23+,24+,25-/m0/s1. The van der Waals surface area contributed by atoms with Gasteiger partial charge in [-0.3, -0.25) is 0 Å². The zero-order valence-electron chi connectivity index (χ0n) is 17.7. The molecule has 0 saturated heterocycles.